The van der Waals surface area contributed by atoms with Crippen molar-refractivity contribution in [2.45, 2.75) is 32.1 Å². The molecule has 7 heteroatoms. The van der Waals surface area contributed by atoms with E-state index in [1.165, 1.54) is 0 Å². The van der Waals surface area contributed by atoms with Crippen molar-refractivity contribution in [3.63, 3.8) is 0 Å². The van der Waals surface area contributed by atoms with E-state index in [1.807, 2.05) is 0 Å². The van der Waals surface area contributed by atoms with E-state index in [1.54, 1.807) is 0 Å². The predicted molar refractivity (Wildman–Crippen MR) is 74.1 cm³/mol. The van der Waals surface area contributed by atoms with Gasteiger partial charge >= 0.3 is 12.0 Å². The number of benzene rings is 1. The lowest BCUT2D eigenvalue weighted by Crippen LogP contribution is -2.29. The molecule has 0 radical (unpaired) electrons. The lowest BCUT2D eigenvalue weighted by atomic mass is 10.1. The van der Waals surface area contributed by atoms with Gasteiger partial charge in [0.15, 0.2) is 0 Å². The van der Waals surface area contributed by atoms with Crippen molar-refractivity contribution < 1.29 is 23.5 Å². The van der Waals surface area contributed by atoms with Gasteiger partial charge in [-0.2, -0.15) is 0 Å². The van der Waals surface area contributed by atoms with Crippen LogP contribution in [-0.4, -0.2) is 23.7 Å². The molecule has 0 saturated heterocycles. The van der Waals surface area contributed by atoms with Gasteiger partial charge in [0.25, 0.3) is 0 Å². The smallest absolute Gasteiger partial charge is 0.319 e. The van der Waals surface area contributed by atoms with Crippen molar-refractivity contribution in [1.29, 1.82) is 0 Å². The van der Waals surface area contributed by atoms with Gasteiger partial charge in [-0.3, -0.25) is 4.79 Å². The molecule has 1 aromatic carbocycles. The number of anilines is 1. The Hall–Kier alpha value is -2.18. The van der Waals surface area contributed by atoms with Crippen LogP contribution in [0.3, 0.4) is 0 Å². The Balaban J connectivity index is 2.17. The zero-order valence-electron chi connectivity index (χ0n) is 11.5. The zero-order chi connectivity index (χ0) is 15.7. The SMILES string of the molecule is O=C(O)CCCCCCNC(=O)Nc1cc(F)ccc1F. The minimum absolute atomic E-state index is 0.146. The van der Waals surface area contributed by atoms with Crippen molar-refractivity contribution >= 4 is 17.7 Å². The molecule has 0 heterocycles. The third-order valence-corrected chi connectivity index (χ3v) is 2.78. The first-order chi connectivity index (χ1) is 9.99. The summed E-state index contributed by atoms with van der Waals surface area (Å²) in [7, 11) is 0. The van der Waals surface area contributed by atoms with Crippen LogP contribution < -0.4 is 10.6 Å². The van der Waals surface area contributed by atoms with E-state index >= 15 is 0 Å². The van der Waals surface area contributed by atoms with Gasteiger partial charge in [0.2, 0.25) is 0 Å². The van der Waals surface area contributed by atoms with Crippen molar-refractivity contribution in [1.82, 2.24) is 5.32 Å². The van der Waals surface area contributed by atoms with Crippen LogP contribution in [0.1, 0.15) is 32.1 Å². The Morgan fingerprint density at radius 2 is 1.81 bits per heavy atom. The number of hydrogen-bond acceptors (Lipinski definition) is 2. The average Bonchev–Trinajstić information content (AvgIpc) is 2.41. The molecule has 2 amide bonds. The number of aliphatic carboxylic acids is 1. The highest BCUT2D eigenvalue weighted by atomic mass is 19.1. The number of rotatable bonds is 8. The summed E-state index contributed by atoms with van der Waals surface area (Å²) in [4.78, 5) is 21.7. The largest absolute Gasteiger partial charge is 0.481 e. The third kappa shape index (κ3) is 7.24. The Kier molecular flexibility index (Phi) is 7.14. The average molecular weight is 300 g/mol. The van der Waals surface area contributed by atoms with Crippen LogP contribution in [0.25, 0.3) is 0 Å². The van der Waals surface area contributed by atoms with E-state index in [4.69, 9.17) is 5.11 Å². The number of nitrogens with one attached hydrogen (secondary N) is 2. The van der Waals surface area contributed by atoms with Gasteiger partial charge in [-0.15, -0.1) is 0 Å². The third-order valence-electron chi connectivity index (χ3n) is 2.78. The second-order valence-electron chi connectivity index (χ2n) is 4.56. The maximum Gasteiger partial charge on any atom is 0.319 e. The molecule has 0 aliphatic rings. The number of carbonyl (C=O) groups excluding carboxylic acids is 1. The van der Waals surface area contributed by atoms with Crippen LogP contribution in [0.2, 0.25) is 0 Å². The number of carbonyl (C=O) groups is 2. The molecule has 0 aliphatic carbocycles. The van der Waals surface area contributed by atoms with Crippen molar-refractivity contribution in [2.75, 3.05) is 11.9 Å². The van der Waals surface area contributed by atoms with E-state index in [0.29, 0.717) is 19.4 Å². The highest BCUT2D eigenvalue weighted by Crippen LogP contribution is 2.14. The number of halogens is 2. The molecule has 0 aliphatic heterocycles. The van der Waals surface area contributed by atoms with Gasteiger partial charge in [-0.1, -0.05) is 12.8 Å². The van der Waals surface area contributed by atoms with Crippen LogP contribution >= 0.6 is 0 Å². The highest BCUT2D eigenvalue weighted by Gasteiger charge is 2.07. The van der Waals surface area contributed by atoms with Crippen LogP contribution in [0.15, 0.2) is 18.2 Å². The molecule has 1 rings (SSSR count). The fourth-order valence-corrected chi connectivity index (χ4v) is 1.72. The second-order valence-corrected chi connectivity index (χ2v) is 4.56. The van der Waals surface area contributed by atoms with Gasteiger partial charge in [0.1, 0.15) is 11.6 Å². The van der Waals surface area contributed by atoms with Crippen molar-refractivity contribution in [2.24, 2.45) is 0 Å². The van der Waals surface area contributed by atoms with Gasteiger partial charge in [0.05, 0.1) is 5.69 Å². The summed E-state index contributed by atoms with van der Waals surface area (Å²) >= 11 is 0. The number of carboxylic acid groups (broad SMARTS) is 1. The second kappa shape index (κ2) is 8.89. The fraction of sp³-hybridized carbons (Fsp3) is 0.429. The summed E-state index contributed by atoms with van der Waals surface area (Å²) in [5, 5.41) is 13.2. The molecule has 0 fully saturated rings. The number of amides is 2. The fourth-order valence-electron chi connectivity index (χ4n) is 1.72. The normalized spacial score (nSPS) is 10.2. The molecule has 1 aromatic rings. The summed E-state index contributed by atoms with van der Waals surface area (Å²) in [6.07, 6.45) is 3.01. The first-order valence-corrected chi connectivity index (χ1v) is 6.70. The van der Waals surface area contributed by atoms with Gasteiger partial charge < -0.3 is 15.7 Å². The number of unbranched alkanes of at least 4 members (excludes halogenated alkanes) is 3. The first kappa shape index (κ1) is 16.9. The molecule has 0 atom stereocenters. The summed E-state index contributed by atoms with van der Waals surface area (Å²) in [6.45, 7) is 0.385. The number of hydrogen-bond donors (Lipinski definition) is 3. The Morgan fingerprint density at radius 1 is 1.10 bits per heavy atom. The van der Waals surface area contributed by atoms with Crippen molar-refractivity contribution in [3.8, 4) is 0 Å². The molecule has 0 spiro atoms. The van der Waals surface area contributed by atoms with Crippen molar-refractivity contribution in [3.05, 3.63) is 29.8 Å². The quantitative estimate of drug-likeness (QED) is 0.645. The Labute approximate surface area is 121 Å². The predicted octanol–water partition coefficient (Wildman–Crippen LogP) is 3.12. The summed E-state index contributed by atoms with van der Waals surface area (Å²) in [6, 6.07) is 2.20. The molecular weight excluding hydrogens is 282 g/mol. The van der Waals surface area contributed by atoms with Gasteiger partial charge in [-0.25, -0.2) is 13.6 Å². The van der Waals surface area contributed by atoms with Crippen LogP contribution in [-0.2, 0) is 4.79 Å². The summed E-state index contributed by atoms with van der Waals surface area (Å²) in [5.74, 6) is -2.16. The van der Waals surface area contributed by atoms with E-state index in [-0.39, 0.29) is 12.1 Å². The minimum Gasteiger partial charge on any atom is -0.481 e. The van der Waals surface area contributed by atoms with Gasteiger partial charge in [-0.05, 0) is 25.0 Å². The maximum atomic E-state index is 13.3. The molecule has 0 unspecified atom stereocenters. The minimum atomic E-state index is -0.815. The molecular formula is C14H18F2N2O3. The molecule has 116 valence electrons. The standard InChI is InChI=1S/C14H18F2N2O3/c15-10-6-7-11(16)12(9-10)18-14(21)17-8-4-2-1-3-5-13(19)20/h6-7,9H,1-5,8H2,(H,19,20)(H2,17,18,21). The molecule has 0 bridgehead atoms. The maximum absolute atomic E-state index is 13.3. The first-order valence-electron chi connectivity index (χ1n) is 6.70. The highest BCUT2D eigenvalue weighted by molar-refractivity contribution is 5.89. The lowest BCUT2D eigenvalue weighted by Gasteiger charge is -2.08. The zero-order valence-corrected chi connectivity index (χ0v) is 11.5. The topological polar surface area (TPSA) is 78.4 Å². The Bertz CT molecular complexity index is 495. The number of carboxylic acids is 1. The van der Waals surface area contributed by atoms with Crippen LogP contribution in [0.5, 0.6) is 0 Å². The van der Waals surface area contributed by atoms with E-state index in [9.17, 15) is 18.4 Å². The molecule has 21 heavy (non-hydrogen) atoms. The summed E-state index contributed by atoms with van der Waals surface area (Å²) in [5.41, 5.74) is -0.214. The van der Waals surface area contributed by atoms with E-state index < -0.39 is 23.6 Å². The van der Waals surface area contributed by atoms with E-state index in [2.05, 4.69) is 10.6 Å². The number of urea groups is 1. The van der Waals surface area contributed by atoms with Crippen LogP contribution in [0.4, 0.5) is 19.3 Å². The monoisotopic (exact) mass is 300 g/mol. The lowest BCUT2D eigenvalue weighted by molar-refractivity contribution is -0.137. The molecule has 5 nitrogen and oxygen atoms in total. The molecule has 0 aromatic heterocycles. The molecule has 0 saturated carbocycles. The van der Waals surface area contributed by atoms with E-state index in [0.717, 1.165) is 31.0 Å². The van der Waals surface area contributed by atoms with Gasteiger partial charge in [0, 0.05) is 19.0 Å². The molecule has 3 N–H and O–H groups in total. The summed E-state index contributed by atoms with van der Waals surface area (Å²) < 4.78 is 26.2. The Morgan fingerprint density at radius 3 is 2.52 bits per heavy atom. The van der Waals surface area contributed by atoms with Crippen LogP contribution in [0, 0.1) is 11.6 Å².